The molecule has 1 heterocycles. The van der Waals surface area contributed by atoms with Gasteiger partial charge in [-0.25, -0.2) is 0 Å². The van der Waals surface area contributed by atoms with Crippen LogP contribution in [0.1, 0.15) is 29.2 Å². The maximum atomic E-state index is 3.50. The second-order valence-electron chi connectivity index (χ2n) is 2.87. The standard InChI is InChI=1S/C8H9BrS/c1-5-4-7(9)10-8(5)6-2-3-6/h4,6H,2-3H2,1H3. The lowest BCUT2D eigenvalue weighted by Crippen LogP contribution is -1.72. The first kappa shape index (κ1) is 6.86. The summed E-state index contributed by atoms with van der Waals surface area (Å²) in [5, 5.41) is 0. The van der Waals surface area contributed by atoms with Gasteiger partial charge in [-0.05, 0) is 53.2 Å². The Bertz CT molecular complexity index is 248. The van der Waals surface area contributed by atoms with Gasteiger partial charge in [0.15, 0.2) is 0 Å². The molecule has 0 aromatic carbocycles. The first-order chi connectivity index (χ1) is 4.77. The molecule has 10 heavy (non-hydrogen) atoms. The van der Waals surface area contributed by atoms with Crippen molar-refractivity contribution in [3.8, 4) is 0 Å². The Balaban J connectivity index is 2.38. The number of halogens is 1. The average molecular weight is 217 g/mol. The van der Waals surface area contributed by atoms with E-state index in [0.29, 0.717) is 0 Å². The molecule has 0 aliphatic heterocycles. The first-order valence-electron chi connectivity index (χ1n) is 3.53. The minimum Gasteiger partial charge on any atom is -0.133 e. The molecule has 0 atom stereocenters. The van der Waals surface area contributed by atoms with Crippen molar-refractivity contribution in [2.45, 2.75) is 25.7 Å². The summed E-state index contributed by atoms with van der Waals surface area (Å²) in [7, 11) is 0. The summed E-state index contributed by atoms with van der Waals surface area (Å²) in [6.07, 6.45) is 2.82. The topological polar surface area (TPSA) is 0 Å². The summed E-state index contributed by atoms with van der Waals surface area (Å²) < 4.78 is 1.28. The number of aryl methyl sites for hydroxylation is 1. The molecule has 0 N–H and O–H groups in total. The fourth-order valence-corrected chi connectivity index (χ4v) is 3.14. The molecule has 54 valence electrons. The van der Waals surface area contributed by atoms with Crippen LogP contribution in [0, 0.1) is 6.92 Å². The molecule has 2 heteroatoms. The third-order valence-electron chi connectivity index (χ3n) is 1.87. The molecule has 0 nitrogen and oxygen atoms in total. The van der Waals surface area contributed by atoms with E-state index in [1.165, 1.54) is 22.2 Å². The Morgan fingerprint density at radius 3 is 2.70 bits per heavy atom. The quantitative estimate of drug-likeness (QED) is 0.672. The summed E-state index contributed by atoms with van der Waals surface area (Å²) in [5.41, 5.74) is 1.47. The van der Waals surface area contributed by atoms with Crippen LogP contribution in [0.2, 0.25) is 0 Å². The lowest BCUT2D eigenvalue weighted by atomic mass is 10.2. The molecule has 0 spiro atoms. The second-order valence-corrected chi connectivity index (χ2v) is 5.34. The van der Waals surface area contributed by atoms with Gasteiger partial charge in [0, 0.05) is 4.88 Å². The van der Waals surface area contributed by atoms with E-state index in [1.54, 1.807) is 4.88 Å². The lowest BCUT2D eigenvalue weighted by molar-refractivity contribution is 1.15. The van der Waals surface area contributed by atoms with Crippen molar-refractivity contribution in [3.63, 3.8) is 0 Å². The first-order valence-corrected chi connectivity index (χ1v) is 5.14. The van der Waals surface area contributed by atoms with E-state index in [2.05, 4.69) is 28.9 Å². The summed E-state index contributed by atoms with van der Waals surface area (Å²) in [4.78, 5) is 1.60. The SMILES string of the molecule is Cc1cc(Br)sc1C1CC1. The molecule has 1 fully saturated rings. The highest BCUT2D eigenvalue weighted by Crippen LogP contribution is 2.46. The Morgan fingerprint density at radius 2 is 2.30 bits per heavy atom. The third kappa shape index (κ3) is 1.15. The van der Waals surface area contributed by atoms with Crippen molar-refractivity contribution in [2.24, 2.45) is 0 Å². The molecule has 0 radical (unpaired) electrons. The smallest absolute Gasteiger partial charge is 0.0704 e. The molecule has 0 amide bonds. The van der Waals surface area contributed by atoms with Gasteiger partial charge in [-0.2, -0.15) is 0 Å². The Kier molecular flexibility index (Phi) is 1.61. The maximum absolute atomic E-state index is 3.50. The van der Waals surface area contributed by atoms with Crippen LogP contribution in [0.15, 0.2) is 9.85 Å². The molecule has 1 aliphatic rings. The van der Waals surface area contributed by atoms with Crippen LogP contribution in [-0.4, -0.2) is 0 Å². The lowest BCUT2D eigenvalue weighted by Gasteiger charge is -1.90. The largest absolute Gasteiger partial charge is 0.133 e. The number of hydrogen-bond donors (Lipinski definition) is 0. The van der Waals surface area contributed by atoms with E-state index >= 15 is 0 Å². The van der Waals surface area contributed by atoms with E-state index in [-0.39, 0.29) is 0 Å². The summed E-state index contributed by atoms with van der Waals surface area (Å²) in [5.74, 6) is 0.913. The predicted octanol–water partition coefficient (Wildman–Crippen LogP) is 3.70. The van der Waals surface area contributed by atoms with Gasteiger partial charge in [0.2, 0.25) is 0 Å². The molecule has 0 saturated heterocycles. The predicted molar refractivity (Wildman–Crippen MR) is 48.7 cm³/mol. The molecule has 1 saturated carbocycles. The van der Waals surface area contributed by atoms with Gasteiger partial charge in [-0.15, -0.1) is 11.3 Å². The molecular formula is C8H9BrS. The van der Waals surface area contributed by atoms with Gasteiger partial charge in [0.25, 0.3) is 0 Å². The van der Waals surface area contributed by atoms with Crippen LogP contribution >= 0.6 is 27.3 Å². The summed E-state index contributed by atoms with van der Waals surface area (Å²) in [6, 6.07) is 2.22. The van der Waals surface area contributed by atoms with E-state index in [1.807, 2.05) is 11.3 Å². The van der Waals surface area contributed by atoms with E-state index < -0.39 is 0 Å². The fourth-order valence-electron chi connectivity index (χ4n) is 1.21. The normalized spacial score (nSPS) is 17.8. The van der Waals surface area contributed by atoms with Gasteiger partial charge in [0.1, 0.15) is 0 Å². The van der Waals surface area contributed by atoms with Gasteiger partial charge in [-0.3, -0.25) is 0 Å². The number of rotatable bonds is 1. The second kappa shape index (κ2) is 2.35. The van der Waals surface area contributed by atoms with Crippen molar-refractivity contribution < 1.29 is 0 Å². The summed E-state index contributed by atoms with van der Waals surface area (Å²) in [6.45, 7) is 2.20. The number of thiophene rings is 1. The minimum atomic E-state index is 0.913. The van der Waals surface area contributed by atoms with Crippen molar-refractivity contribution in [2.75, 3.05) is 0 Å². The van der Waals surface area contributed by atoms with Crippen molar-refractivity contribution in [1.29, 1.82) is 0 Å². The van der Waals surface area contributed by atoms with Gasteiger partial charge in [0.05, 0.1) is 3.79 Å². The molecular weight excluding hydrogens is 208 g/mol. The molecule has 0 unspecified atom stereocenters. The van der Waals surface area contributed by atoms with Crippen molar-refractivity contribution in [3.05, 3.63) is 20.3 Å². The Morgan fingerprint density at radius 1 is 1.60 bits per heavy atom. The molecule has 0 bridgehead atoms. The minimum absolute atomic E-state index is 0.913. The van der Waals surface area contributed by atoms with Crippen LogP contribution in [0.3, 0.4) is 0 Å². The fraction of sp³-hybridized carbons (Fsp3) is 0.500. The molecule has 1 aromatic rings. The molecule has 2 rings (SSSR count). The monoisotopic (exact) mass is 216 g/mol. The van der Waals surface area contributed by atoms with E-state index in [4.69, 9.17) is 0 Å². The van der Waals surface area contributed by atoms with Crippen LogP contribution in [0.4, 0.5) is 0 Å². The zero-order chi connectivity index (χ0) is 7.14. The highest BCUT2D eigenvalue weighted by Gasteiger charge is 2.26. The van der Waals surface area contributed by atoms with Crippen LogP contribution < -0.4 is 0 Å². The van der Waals surface area contributed by atoms with Crippen molar-refractivity contribution in [1.82, 2.24) is 0 Å². The third-order valence-corrected chi connectivity index (χ3v) is 3.78. The van der Waals surface area contributed by atoms with E-state index in [9.17, 15) is 0 Å². The highest BCUT2D eigenvalue weighted by molar-refractivity contribution is 9.11. The maximum Gasteiger partial charge on any atom is 0.0704 e. The Labute approximate surface area is 73.4 Å². The average Bonchev–Trinajstić information content (AvgIpc) is 2.61. The van der Waals surface area contributed by atoms with Crippen LogP contribution in [-0.2, 0) is 0 Å². The van der Waals surface area contributed by atoms with Gasteiger partial charge >= 0.3 is 0 Å². The molecule has 1 aliphatic carbocycles. The van der Waals surface area contributed by atoms with Gasteiger partial charge in [-0.1, -0.05) is 0 Å². The van der Waals surface area contributed by atoms with Gasteiger partial charge < -0.3 is 0 Å². The van der Waals surface area contributed by atoms with Crippen LogP contribution in [0.25, 0.3) is 0 Å². The number of hydrogen-bond acceptors (Lipinski definition) is 1. The Hall–Kier alpha value is 0.180. The van der Waals surface area contributed by atoms with Crippen molar-refractivity contribution >= 4 is 27.3 Å². The molecule has 1 aromatic heterocycles. The van der Waals surface area contributed by atoms with E-state index in [0.717, 1.165) is 5.92 Å². The zero-order valence-corrected chi connectivity index (χ0v) is 8.26. The van der Waals surface area contributed by atoms with Crippen LogP contribution in [0.5, 0.6) is 0 Å². The zero-order valence-electron chi connectivity index (χ0n) is 5.86. The summed E-state index contributed by atoms with van der Waals surface area (Å²) >= 11 is 5.40. The highest BCUT2D eigenvalue weighted by atomic mass is 79.9.